The smallest absolute Gasteiger partial charge is 0.409 e. The van der Waals surface area contributed by atoms with Crippen LogP contribution < -0.4 is 15.5 Å². The monoisotopic (exact) mass is 550 g/mol. The minimum absolute atomic E-state index is 0.258. The number of hydrogen-bond donors (Lipinski definition) is 3. The second kappa shape index (κ2) is 12.9. The molecule has 0 saturated carbocycles. The summed E-state index contributed by atoms with van der Waals surface area (Å²) in [7, 11) is 1.35. The summed E-state index contributed by atoms with van der Waals surface area (Å²) in [6.45, 7) is 2.13. The van der Waals surface area contributed by atoms with Crippen molar-refractivity contribution in [1.29, 1.82) is 0 Å². The summed E-state index contributed by atoms with van der Waals surface area (Å²) in [5.41, 5.74) is 1.89. The van der Waals surface area contributed by atoms with Gasteiger partial charge in [0.2, 0.25) is 0 Å². The molecule has 1 fully saturated rings. The molecule has 2 heterocycles. The molecule has 0 aliphatic carbocycles. The fourth-order valence-corrected chi connectivity index (χ4v) is 5.21. The number of methoxy groups -OCH3 is 1. The number of carbonyl (C=O) groups is 4. The van der Waals surface area contributed by atoms with Crippen LogP contribution in [0, 0.1) is 0 Å². The Hall–Kier alpha value is -4.38. The average molecular weight is 551 g/mol. The highest BCUT2D eigenvalue weighted by Crippen LogP contribution is 2.30. The Morgan fingerprint density at radius 1 is 0.949 bits per heavy atom. The van der Waals surface area contributed by atoms with E-state index in [2.05, 4.69) is 15.5 Å². The Morgan fingerprint density at radius 3 is 2.44 bits per heavy atom. The van der Waals surface area contributed by atoms with Crippen molar-refractivity contribution in [2.45, 2.75) is 18.9 Å². The lowest BCUT2D eigenvalue weighted by molar-refractivity contribution is -0.137. The van der Waals surface area contributed by atoms with Gasteiger partial charge in [-0.15, -0.1) is 11.3 Å². The van der Waals surface area contributed by atoms with Gasteiger partial charge in [0.05, 0.1) is 30.9 Å². The van der Waals surface area contributed by atoms with Gasteiger partial charge < -0.3 is 30.3 Å². The van der Waals surface area contributed by atoms with Gasteiger partial charge in [-0.3, -0.25) is 14.4 Å². The number of rotatable bonds is 8. The summed E-state index contributed by atoms with van der Waals surface area (Å²) in [4.78, 5) is 54.2. The van der Waals surface area contributed by atoms with Gasteiger partial charge in [0, 0.05) is 42.2 Å². The summed E-state index contributed by atoms with van der Waals surface area (Å²) in [6.07, 6.45) is 0.0520. The van der Waals surface area contributed by atoms with Crippen molar-refractivity contribution in [2.75, 3.05) is 43.5 Å². The largest absolute Gasteiger partial charge is 0.481 e. The predicted octanol–water partition coefficient (Wildman–Crippen LogP) is 4.22. The fourth-order valence-electron chi connectivity index (χ4n) is 4.44. The fraction of sp³-hybridized carbons (Fsp3) is 0.286. The molecule has 10 nitrogen and oxygen atoms in total. The maximum absolute atomic E-state index is 13.2. The van der Waals surface area contributed by atoms with Crippen molar-refractivity contribution < 1.29 is 29.0 Å². The van der Waals surface area contributed by atoms with Crippen molar-refractivity contribution >= 4 is 46.6 Å². The van der Waals surface area contributed by atoms with Crippen LogP contribution in [-0.4, -0.2) is 67.2 Å². The number of hydrogen-bond acceptors (Lipinski definition) is 7. The second-order valence-corrected chi connectivity index (χ2v) is 9.97. The van der Waals surface area contributed by atoms with Crippen molar-refractivity contribution in [2.24, 2.45) is 0 Å². The minimum atomic E-state index is -1.03. The molecule has 0 radical (unpaired) electrons. The highest BCUT2D eigenvalue weighted by Gasteiger charge is 2.24. The third-order valence-electron chi connectivity index (χ3n) is 6.38. The minimum Gasteiger partial charge on any atom is -0.481 e. The first kappa shape index (κ1) is 27.6. The summed E-state index contributed by atoms with van der Waals surface area (Å²) >= 11 is 1.37. The van der Waals surface area contributed by atoms with E-state index in [-0.39, 0.29) is 24.0 Å². The summed E-state index contributed by atoms with van der Waals surface area (Å²) in [6, 6.07) is 16.7. The molecule has 39 heavy (non-hydrogen) atoms. The molecule has 0 spiro atoms. The first-order chi connectivity index (χ1) is 18.9. The number of nitrogens with zero attached hydrogens (tertiary/aromatic N) is 2. The number of carbonyl (C=O) groups excluding carboxylic acids is 3. The third-order valence-corrected chi connectivity index (χ3v) is 7.37. The summed E-state index contributed by atoms with van der Waals surface area (Å²) in [5.74, 6) is -1.81. The van der Waals surface area contributed by atoms with E-state index in [1.165, 1.54) is 18.4 Å². The van der Waals surface area contributed by atoms with Crippen LogP contribution >= 0.6 is 11.3 Å². The van der Waals surface area contributed by atoms with E-state index in [0.29, 0.717) is 49.5 Å². The van der Waals surface area contributed by atoms with E-state index in [4.69, 9.17) is 4.74 Å². The SMILES string of the molecule is COC(=O)N1CCCN(c2ccc(C(=O)NC(CC(=O)O)c3cccs3)cc2NC(=O)c2ccccc2)CC1. The molecular formula is C28H30N4O6S. The highest BCUT2D eigenvalue weighted by atomic mass is 32.1. The van der Waals surface area contributed by atoms with Crippen LogP contribution in [0.3, 0.4) is 0 Å². The Labute approximate surface area is 230 Å². The zero-order valence-corrected chi connectivity index (χ0v) is 22.3. The molecular weight excluding hydrogens is 520 g/mol. The van der Waals surface area contributed by atoms with Crippen molar-refractivity contribution in [3.05, 3.63) is 82.0 Å². The van der Waals surface area contributed by atoms with Crippen LogP contribution in [0.2, 0.25) is 0 Å². The van der Waals surface area contributed by atoms with E-state index in [1.807, 2.05) is 11.4 Å². The molecule has 3 amide bonds. The number of anilines is 2. The lowest BCUT2D eigenvalue weighted by atomic mass is 10.1. The van der Waals surface area contributed by atoms with Crippen molar-refractivity contribution in [3.8, 4) is 0 Å². The van der Waals surface area contributed by atoms with Crippen LogP contribution in [0.15, 0.2) is 66.0 Å². The molecule has 1 aromatic heterocycles. The van der Waals surface area contributed by atoms with Gasteiger partial charge in [0.25, 0.3) is 11.8 Å². The van der Waals surface area contributed by atoms with Gasteiger partial charge in [-0.05, 0) is 48.2 Å². The van der Waals surface area contributed by atoms with Gasteiger partial charge in [-0.1, -0.05) is 24.3 Å². The molecule has 4 rings (SSSR count). The molecule has 0 bridgehead atoms. The lowest BCUT2D eigenvalue weighted by Crippen LogP contribution is -2.35. The zero-order valence-electron chi connectivity index (χ0n) is 21.5. The number of carboxylic acid groups (broad SMARTS) is 1. The van der Waals surface area contributed by atoms with Gasteiger partial charge in [-0.2, -0.15) is 0 Å². The average Bonchev–Trinajstić information content (AvgIpc) is 3.37. The van der Waals surface area contributed by atoms with Crippen LogP contribution in [0.1, 0.15) is 44.5 Å². The first-order valence-corrected chi connectivity index (χ1v) is 13.4. The Kier molecular flexibility index (Phi) is 9.16. The zero-order chi connectivity index (χ0) is 27.8. The molecule has 1 atom stereocenters. The predicted molar refractivity (Wildman–Crippen MR) is 148 cm³/mol. The molecule has 204 valence electrons. The summed E-state index contributed by atoms with van der Waals surface area (Å²) in [5, 5.41) is 16.9. The molecule has 1 aliphatic heterocycles. The molecule has 1 aliphatic rings. The molecule has 1 saturated heterocycles. The van der Waals surface area contributed by atoms with E-state index in [9.17, 15) is 24.3 Å². The van der Waals surface area contributed by atoms with Crippen LogP contribution in [-0.2, 0) is 9.53 Å². The van der Waals surface area contributed by atoms with Crippen molar-refractivity contribution in [1.82, 2.24) is 10.2 Å². The number of thiophene rings is 1. The molecule has 1 unspecified atom stereocenters. The number of nitrogens with one attached hydrogen (secondary N) is 2. The number of ether oxygens (including phenoxy) is 1. The van der Waals surface area contributed by atoms with Crippen LogP contribution in [0.4, 0.5) is 16.2 Å². The maximum atomic E-state index is 13.2. The number of aliphatic carboxylic acids is 1. The van der Waals surface area contributed by atoms with Gasteiger partial charge >= 0.3 is 12.1 Å². The standard InChI is InChI=1S/C28H30N4O6S/c1-38-28(37)32-13-6-12-31(14-15-32)23-11-10-20(17-21(23)29-26(35)19-7-3-2-4-8-19)27(36)30-22(18-25(33)34)24-9-5-16-39-24/h2-5,7-11,16-17,22H,6,12-15,18H2,1H3,(H,29,35)(H,30,36)(H,33,34). The Morgan fingerprint density at radius 2 is 1.74 bits per heavy atom. The molecule has 3 N–H and O–H groups in total. The van der Waals surface area contributed by atoms with E-state index in [0.717, 1.165) is 4.88 Å². The number of carboxylic acids is 1. The first-order valence-electron chi connectivity index (χ1n) is 12.5. The van der Waals surface area contributed by atoms with Crippen molar-refractivity contribution in [3.63, 3.8) is 0 Å². The van der Waals surface area contributed by atoms with Gasteiger partial charge in [-0.25, -0.2) is 4.79 Å². The number of benzene rings is 2. The summed E-state index contributed by atoms with van der Waals surface area (Å²) < 4.78 is 4.87. The van der Waals surface area contributed by atoms with Crippen LogP contribution in [0.5, 0.6) is 0 Å². The van der Waals surface area contributed by atoms with Gasteiger partial charge in [0.1, 0.15) is 0 Å². The highest BCUT2D eigenvalue weighted by molar-refractivity contribution is 7.10. The van der Waals surface area contributed by atoms with Gasteiger partial charge in [0.15, 0.2) is 0 Å². The third kappa shape index (κ3) is 7.14. The maximum Gasteiger partial charge on any atom is 0.409 e. The van der Waals surface area contributed by atoms with E-state index >= 15 is 0 Å². The lowest BCUT2D eigenvalue weighted by Gasteiger charge is -2.26. The second-order valence-electron chi connectivity index (χ2n) is 8.99. The molecule has 11 heteroatoms. The Balaban J connectivity index is 1.61. The number of amides is 3. The van der Waals surface area contributed by atoms with E-state index in [1.54, 1.807) is 59.5 Å². The van der Waals surface area contributed by atoms with Crippen LogP contribution in [0.25, 0.3) is 0 Å². The van der Waals surface area contributed by atoms with E-state index < -0.39 is 17.9 Å². The molecule has 2 aromatic carbocycles. The Bertz CT molecular complexity index is 1310. The topological polar surface area (TPSA) is 128 Å². The quantitative estimate of drug-likeness (QED) is 0.383. The normalized spacial score (nSPS) is 14.2. The molecule has 3 aromatic rings.